The quantitative estimate of drug-likeness (QED) is 0.718. The summed E-state index contributed by atoms with van der Waals surface area (Å²) in [6.45, 7) is 0. The van der Waals surface area contributed by atoms with Gasteiger partial charge in [-0.25, -0.2) is 0 Å². The number of ether oxygens (including phenoxy) is 1. The first-order valence-electron chi connectivity index (χ1n) is 5.21. The Bertz CT molecular complexity index is 386. The van der Waals surface area contributed by atoms with Gasteiger partial charge in [0.05, 0.1) is 0 Å². The van der Waals surface area contributed by atoms with Gasteiger partial charge in [0.15, 0.2) is 5.60 Å². The van der Waals surface area contributed by atoms with E-state index < -0.39 is 11.8 Å². The lowest BCUT2D eigenvalue weighted by Gasteiger charge is -2.39. The third-order valence-electron chi connectivity index (χ3n) is 3.23. The number of benzene rings is 1. The van der Waals surface area contributed by atoms with Gasteiger partial charge in [-0.1, -0.05) is 24.3 Å². The molecule has 1 aliphatic carbocycles. The lowest BCUT2D eigenvalue weighted by atomic mass is 9.78. The maximum absolute atomic E-state index is 13.2. The Labute approximate surface area is 92.2 Å². The van der Waals surface area contributed by atoms with Crippen LogP contribution in [0.25, 0.3) is 0 Å². The van der Waals surface area contributed by atoms with Gasteiger partial charge in [0.2, 0.25) is 0 Å². The molecule has 0 fully saturated rings. The Balaban J connectivity index is 2.58. The van der Waals surface area contributed by atoms with Gasteiger partial charge in [-0.3, -0.25) is 0 Å². The van der Waals surface area contributed by atoms with Crippen molar-refractivity contribution in [2.45, 2.75) is 31.0 Å². The minimum atomic E-state index is -4.36. The molecular formula is C12H13F3O. The van der Waals surface area contributed by atoms with Crippen molar-refractivity contribution in [3.8, 4) is 0 Å². The second kappa shape index (κ2) is 3.77. The van der Waals surface area contributed by atoms with Crippen molar-refractivity contribution in [2.75, 3.05) is 7.11 Å². The van der Waals surface area contributed by atoms with Gasteiger partial charge < -0.3 is 4.74 Å². The van der Waals surface area contributed by atoms with Crippen LogP contribution in [0.2, 0.25) is 0 Å². The van der Waals surface area contributed by atoms with Gasteiger partial charge >= 0.3 is 6.18 Å². The van der Waals surface area contributed by atoms with Crippen LogP contribution in [0.5, 0.6) is 0 Å². The molecule has 0 spiro atoms. The highest BCUT2D eigenvalue weighted by Crippen LogP contribution is 2.48. The molecule has 0 radical (unpaired) electrons. The summed E-state index contributed by atoms with van der Waals surface area (Å²) in [5, 5.41) is 0. The lowest BCUT2D eigenvalue weighted by Crippen LogP contribution is -2.46. The summed E-state index contributed by atoms with van der Waals surface area (Å²) in [5.41, 5.74) is -1.09. The van der Waals surface area contributed by atoms with Gasteiger partial charge in [-0.2, -0.15) is 13.2 Å². The van der Waals surface area contributed by atoms with Crippen LogP contribution in [0, 0.1) is 0 Å². The van der Waals surface area contributed by atoms with Crippen LogP contribution in [-0.4, -0.2) is 13.3 Å². The van der Waals surface area contributed by atoms with Crippen molar-refractivity contribution in [1.82, 2.24) is 0 Å². The zero-order chi connectivity index (χ0) is 11.8. The van der Waals surface area contributed by atoms with Crippen LogP contribution in [0.3, 0.4) is 0 Å². The molecule has 0 aliphatic heterocycles. The van der Waals surface area contributed by atoms with Gasteiger partial charge in [-0.15, -0.1) is 0 Å². The van der Waals surface area contributed by atoms with Crippen LogP contribution in [0.4, 0.5) is 13.2 Å². The second-order valence-corrected chi connectivity index (χ2v) is 4.04. The highest BCUT2D eigenvalue weighted by atomic mass is 19.4. The van der Waals surface area contributed by atoms with Crippen LogP contribution < -0.4 is 0 Å². The van der Waals surface area contributed by atoms with E-state index in [1.165, 1.54) is 6.07 Å². The lowest BCUT2D eigenvalue weighted by molar-refractivity contribution is -0.281. The van der Waals surface area contributed by atoms with E-state index in [1.54, 1.807) is 18.2 Å². The molecule has 1 atom stereocenters. The Hall–Kier alpha value is -1.03. The van der Waals surface area contributed by atoms with Crippen molar-refractivity contribution in [1.29, 1.82) is 0 Å². The van der Waals surface area contributed by atoms with Crippen molar-refractivity contribution < 1.29 is 17.9 Å². The fraction of sp³-hybridized carbons (Fsp3) is 0.500. The summed E-state index contributed by atoms with van der Waals surface area (Å²) in [4.78, 5) is 0. The molecule has 4 heteroatoms. The van der Waals surface area contributed by atoms with E-state index in [0.29, 0.717) is 12.8 Å². The van der Waals surface area contributed by atoms with E-state index in [-0.39, 0.29) is 12.0 Å². The zero-order valence-electron chi connectivity index (χ0n) is 8.97. The molecule has 1 aromatic rings. The van der Waals surface area contributed by atoms with Crippen molar-refractivity contribution in [3.05, 3.63) is 35.4 Å². The fourth-order valence-electron chi connectivity index (χ4n) is 2.42. The van der Waals surface area contributed by atoms with Gasteiger partial charge in [0.25, 0.3) is 0 Å². The Morgan fingerprint density at radius 3 is 2.56 bits per heavy atom. The van der Waals surface area contributed by atoms with Crippen molar-refractivity contribution in [3.63, 3.8) is 0 Å². The van der Waals surface area contributed by atoms with E-state index in [9.17, 15) is 13.2 Å². The number of rotatable bonds is 1. The molecule has 0 saturated carbocycles. The summed E-state index contributed by atoms with van der Waals surface area (Å²) in [6, 6.07) is 6.66. The Kier molecular flexibility index (Phi) is 2.70. The molecule has 2 rings (SSSR count). The van der Waals surface area contributed by atoms with Crippen LogP contribution in [0.1, 0.15) is 24.0 Å². The smallest absolute Gasteiger partial charge is 0.364 e. The molecule has 16 heavy (non-hydrogen) atoms. The minimum Gasteiger partial charge on any atom is -0.364 e. The number of hydrogen-bond donors (Lipinski definition) is 0. The normalized spacial score (nSPS) is 25.2. The van der Waals surface area contributed by atoms with Gasteiger partial charge in [0.1, 0.15) is 0 Å². The average molecular weight is 230 g/mol. The maximum atomic E-state index is 13.2. The number of aryl methyl sites for hydroxylation is 1. The third-order valence-corrected chi connectivity index (χ3v) is 3.23. The molecular weight excluding hydrogens is 217 g/mol. The SMILES string of the molecule is COC1(C(F)(F)F)CCCc2ccccc21. The number of halogens is 3. The summed E-state index contributed by atoms with van der Waals surface area (Å²) in [5.74, 6) is 0. The molecule has 0 N–H and O–H groups in total. The maximum Gasteiger partial charge on any atom is 0.421 e. The van der Waals surface area contributed by atoms with Crippen molar-refractivity contribution in [2.24, 2.45) is 0 Å². The summed E-state index contributed by atoms with van der Waals surface area (Å²) in [6.07, 6.45) is -3.16. The van der Waals surface area contributed by atoms with E-state index in [0.717, 1.165) is 12.7 Å². The third kappa shape index (κ3) is 1.52. The molecule has 0 bridgehead atoms. The highest BCUT2D eigenvalue weighted by Gasteiger charge is 2.57. The fourth-order valence-corrected chi connectivity index (χ4v) is 2.42. The first-order chi connectivity index (χ1) is 7.51. The first kappa shape index (κ1) is 11.5. The molecule has 0 aromatic heterocycles. The zero-order valence-corrected chi connectivity index (χ0v) is 8.97. The molecule has 0 heterocycles. The van der Waals surface area contributed by atoms with Crippen LogP contribution in [-0.2, 0) is 16.8 Å². The molecule has 88 valence electrons. The molecule has 1 aromatic carbocycles. The largest absolute Gasteiger partial charge is 0.421 e. The predicted molar refractivity (Wildman–Crippen MR) is 54.1 cm³/mol. The number of methoxy groups -OCH3 is 1. The molecule has 0 amide bonds. The summed E-state index contributed by atoms with van der Waals surface area (Å²) < 4.78 is 44.3. The average Bonchev–Trinajstić information content (AvgIpc) is 2.26. The van der Waals surface area contributed by atoms with Gasteiger partial charge in [0, 0.05) is 7.11 Å². The van der Waals surface area contributed by atoms with E-state index in [4.69, 9.17) is 4.74 Å². The van der Waals surface area contributed by atoms with E-state index in [2.05, 4.69) is 0 Å². The Morgan fingerprint density at radius 2 is 1.94 bits per heavy atom. The van der Waals surface area contributed by atoms with Crippen LogP contribution in [0.15, 0.2) is 24.3 Å². The number of hydrogen-bond acceptors (Lipinski definition) is 1. The van der Waals surface area contributed by atoms with Crippen LogP contribution >= 0.6 is 0 Å². The Morgan fingerprint density at radius 1 is 1.25 bits per heavy atom. The molecule has 1 unspecified atom stereocenters. The number of fused-ring (bicyclic) bond motifs is 1. The summed E-state index contributed by atoms with van der Waals surface area (Å²) >= 11 is 0. The van der Waals surface area contributed by atoms with E-state index in [1.807, 2.05) is 0 Å². The van der Waals surface area contributed by atoms with Crippen molar-refractivity contribution >= 4 is 0 Å². The highest BCUT2D eigenvalue weighted by molar-refractivity contribution is 5.36. The molecule has 1 nitrogen and oxygen atoms in total. The minimum absolute atomic E-state index is 0.00398. The molecule has 0 saturated heterocycles. The predicted octanol–water partition coefficient (Wildman–Crippen LogP) is 3.43. The van der Waals surface area contributed by atoms with E-state index >= 15 is 0 Å². The second-order valence-electron chi connectivity index (χ2n) is 4.04. The number of alkyl halides is 3. The monoisotopic (exact) mass is 230 g/mol. The van der Waals surface area contributed by atoms with Gasteiger partial charge in [-0.05, 0) is 30.4 Å². The first-order valence-corrected chi connectivity index (χ1v) is 5.21. The topological polar surface area (TPSA) is 9.23 Å². The standard InChI is InChI=1S/C12H13F3O/c1-16-11(12(13,14)15)8-4-6-9-5-2-3-7-10(9)11/h2-3,5,7H,4,6,8H2,1H3. The molecule has 1 aliphatic rings. The summed E-state index contributed by atoms with van der Waals surface area (Å²) in [7, 11) is 1.13.